The summed E-state index contributed by atoms with van der Waals surface area (Å²) >= 11 is 0. The molecule has 0 saturated heterocycles. The molecule has 1 saturated carbocycles. The van der Waals surface area contributed by atoms with Crippen molar-refractivity contribution >= 4 is 11.8 Å². The van der Waals surface area contributed by atoms with Crippen LogP contribution in [0.15, 0.2) is 0 Å². The molecule has 0 atom stereocenters. The van der Waals surface area contributed by atoms with Crippen LogP contribution in [0.1, 0.15) is 26.2 Å². The van der Waals surface area contributed by atoms with E-state index in [-0.39, 0.29) is 0 Å². The maximum atomic E-state index is 11.7. The fourth-order valence-corrected chi connectivity index (χ4v) is 1.75. The molecule has 0 heterocycles. The molecule has 1 aliphatic rings. The standard InChI is InChI=1S/C11H21N3O2/c1-2-14(8-9-4-3-5-9)11(16)10(15)13-7-6-12/h9H,2-8,12H2,1H3,(H,13,15). The van der Waals surface area contributed by atoms with Crippen LogP contribution in [0.5, 0.6) is 0 Å². The van der Waals surface area contributed by atoms with Crippen LogP contribution in [0.3, 0.4) is 0 Å². The molecule has 0 unspecified atom stereocenters. The Bertz CT molecular complexity index is 252. The van der Waals surface area contributed by atoms with Crippen molar-refractivity contribution in [3.63, 3.8) is 0 Å². The minimum absolute atomic E-state index is 0.353. The van der Waals surface area contributed by atoms with Crippen LogP contribution in [0.2, 0.25) is 0 Å². The van der Waals surface area contributed by atoms with Crippen LogP contribution < -0.4 is 11.1 Å². The minimum atomic E-state index is -0.536. The largest absolute Gasteiger partial charge is 0.347 e. The van der Waals surface area contributed by atoms with Gasteiger partial charge in [-0.1, -0.05) is 6.42 Å². The summed E-state index contributed by atoms with van der Waals surface area (Å²) in [4.78, 5) is 24.8. The Hall–Kier alpha value is -1.10. The SMILES string of the molecule is CCN(CC1CCC1)C(=O)C(=O)NCCN. The molecule has 5 nitrogen and oxygen atoms in total. The number of hydrogen-bond acceptors (Lipinski definition) is 3. The van der Waals surface area contributed by atoms with Gasteiger partial charge in [-0.25, -0.2) is 0 Å². The average molecular weight is 227 g/mol. The predicted octanol–water partition coefficient (Wildman–Crippen LogP) is -0.290. The first-order valence-electron chi connectivity index (χ1n) is 5.96. The number of nitrogens with zero attached hydrogens (tertiary/aromatic N) is 1. The fourth-order valence-electron chi connectivity index (χ4n) is 1.75. The van der Waals surface area contributed by atoms with Crippen molar-refractivity contribution in [2.45, 2.75) is 26.2 Å². The van der Waals surface area contributed by atoms with E-state index in [4.69, 9.17) is 5.73 Å². The molecule has 1 rings (SSSR count). The molecule has 0 aromatic heterocycles. The first-order chi connectivity index (χ1) is 7.69. The summed E-state index contributed by atoms with van der Waals surface area (Å²) in [6, 6.07) is 0. The Labute approximate surface area is 96.4 Å². The molecular weight excluding hydrogens is 206 g/mol. The first kappa shape index (κ1) is 13.0. The van der Waals surface area contributed by atoms with Gasteiger partial charge in [-0.3, -0.25) is 9.59 Å². The van der Waals surface area contributed by atoms with Crippen LogP contribution in [0.4, 0.5) is 0 Å². The van der Waals surface area contributed by atoms with Crippen molar-refractivity contribution in [1.82, 2.24) is 10.2 Å². The normalized spacial score (nSPS) is 15.4. The van der Waals surface area contributed by atoms with Crippen LogP contribution >= 0.6 is 0 Å². The quantitative estimate of drug-likeness (QED) is 0.634. The number of hydrogen-bond donors (Lipinski definition) is 2. The highest BCUT2D eigenvalue weighted by Gasteiger charge is 2.25. The van der Waals surface area contributed by atoms with Crippen LogP contribution in [-0.2, 0) is 9.59 Å². The molecule has 0 bridgehead atoms. The summed E-state index contributed by atoms with van der Waals surface area (Å²) in [5, 5.41) is 2.50. The number of nitrogens with one attached hydrogen (secondary N) is 1. The van der Waals surface area contributed by atoms with E-state index < -0.39 is 11.8 Å². The minimum Gasteiger partial charge on any atom is -0.347 e. The van der Waals surface area contributed by atoms with Crippen LogP contribution in [0, 0.1) is 5.92 Å². The van der Waals surface area contributed by atoms with E-state index in [2.05, 4.69) is 5.32 Å². The van der Waals surface area contributed by atoms with Gasteiger partial charge < -0.3 is 16.0 Å². The molecule has 16 heavy (non-hydrogen) atoms. The maximum absolute atomic E-state index is 11.7. The van der Waals surface area contributed by atoms with Crippen LogP contribution in [-0.4, -0.2) is 42.9 Å². The second-order valence-electron chi connectivity index (χ2n) is 4.19. The van der Waals surface area contributed by atoms with Gasteiger partial charge in [0, 0.05) is 26.2 Å². The van der Waals surface area contributed by atoms with Crippen molar-refractivity contribution in [1.29, 1.82) is 0 Å². The van der Waals surface area contributed by atoms with Crippen molar-refractivity contribution in [2.24, 2.45) is 11.7 Å². The molecule has 1 fully saturated rings. The van der Waals surface area contributed by atoms with Crippen molar-refractivity contribution < 1.29 is 9.59 Å². The van der Waals surface area contributed by atoms with E-state index in [1.807, 2.05) is 6.92 Å². The van der Waals surface area contributed by atoms with Gasteiger partial charge in [-0.15, -0.1) is 0 Å². The second kappa shape index (κ2) is 6.48. The van der Waals surface area contributed by atoms with Crippen molar-refractivity contribution in [2.75, 3.05) is 26.2 Å². The second-order valence-corrected chi connectivity index (χ2v) is 4.19. The third kappa shape index (κ3) is 3.48. The van der Waals surface area contributed by atoms with E-state index in [1.54, 1.807) is 4.90 Å². The summed E-state index contributed by atoms with van der Waals surface area (Å²) in [6.45, 7) is 3.91. The van der Waals surface area contributed by atoms with E-state index in [0.717, 1.165) is 0 Å². The van der Waals surface area contributed by atoms with Gasteiger partial charge in [-0.2, -0.15) is 0 Å². The van der Waals surface area contributed by atoms with Gasteiger partial charge in [0.05, 0.1) is 0 Å². The molecular formula is C11H21N3O2. The molecule has 3 N–H and O–H groups in total. The lowest BCUT2D eigenvalue weighted by Crippen LogP contribution is -2.46. The molecule has 0 aromatic rings. The summed E-state index contributed by atoms with van der Waals surface area (Å²) < 4.78 is 0. The Morgan fingerprint density at radius 3 is 2.56 bits per heavy atom. The maximum Gasteiger partial charge on any atom is 0.311 e. The van der Waals surface area contributed by atoms with Gasteiger partial charge in [0.15, 0.2) is 0 Å². The number of carbonyl (C=O) groups is 2. The average Bonchev–Trinajstić information content (AvgIpc) is 2.24. The molecule has 5 heteroatoms. The highest BCUT2D eigenvalue weighted by molar-refractivity contribution is 6.35. The summed E-state index contributed by atoms with van der Waals surface area (Å²) in [7, 11) is 0. The topological polar surface area (TPSA) is 75.4 Å². The first-order valence-corrected chi connectivity index (χ1v) is 5.96. The third-order valence-corrected chi connectivity index (χ3v) is 3.00. The Balaban J connectivity index is 2.37. The lowest BCUT2D eigenvalue weighted by molar-refractivity contribution is -0.146. The van der Waals surface area contributed by atoms with E-state index >= 15 is 0 Å². The molecule has 0 aliphatic heterocycles. The highest BCUT2D eigenvalue weighted by atomic mass is 16.2. The zero-order valence-corrected chi connectivity index (χ0v) is 9.87. The number of likely N-dealkylation sites (N-methyl/N-ethyl adjacent to an activating group) is 1. The number of nitrogens with two attached hydrogens (primary N) is 1. The number of amides is 2. The van der Waals surface area contributed by atoms with E-state index in [9.17, 15) is 9.59 Å². The monoisotopic (exact) mass is 227 g/mol. The number of rotatable bonds is 5. The summed E-state index contributed by atoms with van der Waals surface area (Å²) in [5.41, 5.74) is 5.26. The van der Waals surface area contributed by atoms with Crippen molar-refractivity contribution in [3.05, 3.63) is 0 Å². The van der Waals surface area contributed by atoms with E-state index in [1.165, 1.54) is 19.3 Å². The van der Waals surface area contributed by atoms with Gasteiger partial charge in [-0.05, 0) is 25.7 Å². The van der Waals surface area contributed by atoms with Gasteiger partial charge in [0.2, 0.25) is 0 Å². The lowest BCUT2D eigenvalue weighted by Gasteiger charge is -2.31. The smallest absolute Gasteiger partial charge is 0.311 e. The number of carbonyl (C=O) groups excluding carboxylic acids is 2. The summed E-state index contributed by atoms with van der Waals surface area (Å²) in [6.07, 6.45) is 3.60. The van der Waals surface area contributed by atoms with Crippen molar-refractivity contribution in [3.8, 4) is 0 Å². The van der Waals surface area contributed by atoms with E-state index in [0.29, 0.717) is 32.1 Å². The van der Waals surface area contributed by atoms with Crippen LogP contribution in [0.25, 0.3) is 0 Å². The zero-order valence-electron chi connectivity index (χ0n) is 9.87. The molecule has 1 aliphatic carbocycles. The zero-order chi connectivity index (χ0) is 12.0. The van der Waals surface area contributed by atoms with Gasteiger partial charge >= 0.3 is 11.8 Å². The Kier molecular flexibility index (Phi) is 5.25. The lowest BCUT2D eigenvalue weighted by atomic mass is 9.85. The predicted molar refractivity (Wildman–Crippen MR) is 61.7 cm³/mol. The summed E-state index contributed by atoms with van der Waals surface area (Å²) in [5.74, 6) is -0.374. The molecule has 0 aromatic carbocycles. The molecule has 0 spiro atoms. The molecule has 0 radical (unpaired) electrons. The molecule has 92 valence electrons. The van der Waals surface area contributed by atoms with Gasteiger partial charge in [0.1, 0.15) is 0 Å². The highest BCUT2D eigenvalue weighted by Crippen LogP contribution is 2.26. The molecule has 2 amide bonds. The fraction of sp³-hybridized carbons (Fsp3) is 0.818. The third-order valence-electron chi connectivity index (χ3n) is 3.00. The van der Waals surface area contributed by atoms with Gasteiger partial charge in [0.25, 0.3) is 0 Å². The Morgan fingerprint density at radius 2 is 2.12 bits per heavy atom. The Morgan fingerprint density at radius 1 is 1.44 bits per heavy atom.